The van der Waals surface area contributed by atoms with Crippen molar-refractivity contribution in [1.82, 2.24) is 15.4 Å². The Morgan fingerprint density at radius 2 is 1.66 bits per heavy atom. The van der Waals surface area contributed by atoms with Gasteiger partial charge in [-0.2, -0.15) is 0 Å². The molecule has 0 atom stereocenters. The van der Waals surface area contributed by atoms with Crippen molar-refractivity contribution in [2.24, 2.45) is 0 Å². The summed E-state index contributed by atoms with van der Waals surface area (Å²) in [5.74, 6) is -0.278. The van der Waals surface area contributed by atoms with E-state index in [0.29, 0.717) is 29.4 Å². The highest BCUT2D eigenvalue weighted by atomic mass is 35.5. The van der Waals surface area contributed by atoms with E-state index in [-0.39, 0.29) is 29.1 Å². The van der Waals surface area contributed by atoms with Crippen molar-refractivity contribution < 1.29 is 14.1 Å². The van der Waals surface area contributed by atoms with Crippen LogP contribution in [0.3, 0.4) is 0 Å². The average molecular weight is 508 g/mol. The summed E-state index contributed by atoms with van der Waals surface area (Å²) in [7, 11) is 0. The third-order valence-electron chi connectivity index (χ3n) is 5.38. The number of aryl methyl sites for hydroxylation is 1. The Kier molecular flexibility index (Phi) is 7.85. The summed E-state index contributed by atoms with van der Waals surface area (Å²) in [4.78, 5) is 27.5. The van der Waals surface area contributed by atoms with Crippen LogP contribution in [0.2, 0.25) is 10.0 Å². The number of benzene rings is 3. The first-order chi connectivity index (χ1) is 16.9. The number of amides is 2. The number of hydrogen-bond donors (Lipinski definition) is 1. The van der Waals surface area contributed by atoms with Crippen LogP contribution in [0.5, 0.6) is 0 Å². The third-order valence-corrected chi connectivity index (χ3v) is 5.92. The Labute approximate surface area is 213 Å². The molecule has 0 fully saturated rings. The van der Waals surface area contributed by atoms with Gasteiger partial charge in [0, 0.05) is 24.2 Å². The zero-order chi connectivity index (χ0) is 24.8. The van der Waals surface area contributed by atoms with Gasteiger partial charge in [0.05, 0.1) is 17.1 Å². The van der Waals surface area contributed by atoms with E-state index >= 15 is 0 Å². The SMILES string of the molecule is Cc1ccc(CNC(=O)c2cc(CN(Cc3ccccc3)C(=O)c3ccc(Cl)cc3Cl)on2)cc1. The monoisotopic (exact) mass is 507 g/mol. The molecule has 0 bridgehead atoms. The lowest BCUT2D eigenvalue weighted by Crippen LogP contribution is -2.30. The number of nitrogens with one attached hydrogen (secondary N) is 1. The van der Waals surface area contributed by atoms with E-state index < -0.39 is 0 Å². The van der Waals surface area contributed by atoms with Crippen molar-refractivity contribution in [3.63, 3.8) is 0 Å². The molecule has 1 aromatic heterocycles. The second kappa shape index (κ2) is 11.2. The second-order valence-electron chi connectivity index (χ2n) is 8.12. The molecule has 8 heteroatoms. The Morgan fingerprint density at radius 1 is 0.914 bits per heavy atom. The van der Waals surface area contributed by atoms with Gasteiger partial charge in [-0.25, -0.2) is 0 Å². The molecule has 0 aliphatic carbocycles. The molecular formula is C27H23Cl2N3O3. The van der Waals surface area contributed by atoms with Gasteiger partial charge in [0.25, 0.3) is 11.8 Å². The number of nitrogens with zero attached hydrogens (tertiary/aromatic N) is 2. The van der Waals surface area contributed by atoms with E-state index in [9.17, 15) is 9.59 Å². The number of carbonyl (C=O) groups is 2. The largest absolute Gasteiger partial charge is 0.359 e. The minimum absolute atomic E-state index is 0.102. The number of rotatable bonds is 8. The molecule has 3 aromatic carbocycles. The topological polar surface area (TPSA) is 75.4 Å². The van der Waals surface area contributed by atoms with Crippen LogP contribution in [0.4, 0.5) is 0 Å². The van der Waals surface area contributed by atoms with E-state index in [1.165, 1.54) is 6.07 Å². The molecule has 0 aliphatic heterocycles. The molecule has 4 rings (SSSR count). The van der Waals surface area contributed by atoms with Gasteiger partial charge in [-0.3, -0.25) is 9.59 Å². The predicted molar refractivity (Wildman–Crippen MR) is 135 cm³/mol. The maximum absolute atomic E-state index is 13.4. The van der Waals surface area contributed by atoms with E-state index in [4.69, 9.17) is 27.7 Å². The van der Waals surface area contributed by atoms with E-state index in [2.05, 4.69) is 10.5 Å². The molecule has 0 saturated carbocycles. The van der Waals surface area contributed by atoms with Gasteiger partial charge in [0.2, 0.25) is 0 Å². The fourth-order valence-corrected chi connectivity index (χ4v) is 3.99. The van der Waals surface area contributed by atoms with Crippen LogP contribution in [0.1, 0.15) is 43.3 Å². The summed E-state index contributed by atoms with van der Waals surface area (Å²) < 4.78 is 5.40. The summed E-state index contributed by atoms with van der Waals surface area (Å²) in [5, 5.41) is 7.43. The average Bonchev–Trinajstić information content (AvgIpc) is 3.32. The number of carbonyl (C=O) groups excluding carboxylic acids is 2. The lowest BCUT2D eigenvalue weighted by Gasteiger charge is -2.22. The van der Waals surface area contributed by atoms with Crippen LogP contribution in [0.25, 0.3) is 0 Å². The van der Waals surface area contributed by atoms with Crippen molar-refractivity contribution in [2.75, 3.05) is 0 Å². The van der Waals surface area contributed by atoms with Crippen LogP contribution >= 0.6 is 23.2 Å². The van der Waals surface area contributed by atoms with Crippen LogP contribution < -0.4 is 5.32 Å². The second-order valence-corrected chi connectivity index (χ2v) is 8.96. The molecule has 0 saturated heterocycles. The van der Waals surface area contributed by atoms with Crippen molar-refractivity contribution in [3.05, 3.63) is 123 Å². The van der Waals surface area contributed by atoms with Crippen LogP contribution in [-0.2, 0) is 19.6 Å². The van der Waals surface area contributed by atoms with Gasteiger partial charge in [0.15, 0.2) is 11.5 Å². The maximum atomic E-state index is 13.4. The molecule has 6 nitrogen and oxygen atoms in total. The van der Waals surface area contributed by atoms with Gasteiger partial charge in [-0.05, 0) is 36.2 Å². The summed E-state index contributed by atoms with van der Waals surface area (Å²) in [6.45, 7) is 2.79. The molecule has 0 aliphatic rings. The van der Waals surface area contributed by atoms with Gasteiger partial charge in [0.1, 0.15) is 0 Å². The van der Waals surface area contributed by atoms with E-state index in [1.54, 1.807) is 23.1 Å². The zero-order valence-electron chi connectivity index (χ0n) is 19.0. The Bertz CT molecular complexity index is 1320. The molecule has 35 heavy (non-hydrogen) atoms. The lowest BCUT2D eigenvalue weighted by molar-refractivity contribution is 0.0713. The minimum Gasteiger partial charge on any atom is -0.359 e. The highest BCUT2D eigenvalue weighted by Crippen LogP contribution is 2.24. The molecule has 0 radical (unpaired) electrons. The minimum atomic E-state index is -0.359. The molecular weight excluding hydrogens is 485 g/mol. The molecule has 0 spiro atoms. The predicted octanol–water partition coefficient (Wildman–Crippen LogP) is 6.06. The normalized spacial score (nSPS) is 10.7. The summed E-state index contributed by atoms with van der Waals surface area (Å²) >= 11 is 12.3. The third kappa shape index (κ3) is 6.50. The van der Waals surface area contributed by atoms with Crippen molar-refractivity contribution in [3.8, 4) is 0 Å². The quantitative estimate of drug-likeness (QED) is 0.314. The van der Waals surface area contributed by atoms with Gasteiger partial charge >= 0.3 is 0 Å². The first-order valence-corrected chi connectivity index (χ1v) is 11.7. The van der Waals surface area contributed by atoms with Crippen molar-refractivity contribution >= 4 is 35.0 Å². The summed E-state index contributed by atoms with van der Waals surface area (Å²) in [6.07, 6.45) is 0. The smallest absolute Gasteiger partial charge is 0.273 e. The fourth-order valence-electron chi connectivity index (χ4n) is 3.50. The molecule has 1 heterocycles. The number of hydrogen-bond acceptors (Lipinski definition) is 4. The lowest BCUT2D eigenvalue weighted by atomic mass is 10.1. The molecule has 0 unspecified atom stereocenters. The van der Waals surface area contributed by atoms with Crippen LogP contribution in [-0.4, -0.2) is 21.9 Å². The first-order valence-electron chi connectivity index (χ1n) is 11.0. The Balaban J connectivity index is 1.49. The standard InChI is InChI=1S/C27H23Cl2N3O3/c1-18-7-9-19(10-8-18)15-30-26(33)25-14-22(35-31-25)17-32(16-20-5-3-2-4-6-20)27(34)23-12-11-21(28)13-24(23)29/h2-14H,15-17H2,1H3,(H,30,33). The number of aromatic nitrogens is 1. The van der Waals surface area contributed by atoms with E-state index in [0.717, 1.165) is 16.7 Å². The van der Waals surface area contributed by atoms with Gasteiger partial charge < -0.3 is 14.7 Å². The van der Waals surface area contributed by atoms with Crippen molar-refractivity contribution in [2.45, 2.75) is 26.6 Å². The number of halogens is 2. The van der Waals surface area contributed by atoms with Gasteiger partial charge in [-0.15, -0.1) is 0 Å². The molecule has 178 valence electrons. The summed E-state index contributed by atoms with van der Waals surface area (Å²) in [6, 6.07) is 23.7. The fraction of sp³-hybridized carbons (Fsp3) is 0.148. The van der Waals surface area contributed by atoms with Crippen LogP contribution in [0, 0.1) is 6.92 Å². The molecule has 2 amide bonds. The van der Waals surface area contributed by atoms with E-state index in [1.807, 2.05) is 61.5 Å². The Morgan fingerprint density at radius 3 is 2.37 bits per heavy atom. The maximum Gasteiger partial charge on any atom is 0.273 e. The van der Waals surface area contributed by atoms with Crippen molar-refractivity contribution in [1.29, 1.82) is 0 Å². The highest BCUT2D eigenvalue weighted by Gasteiger charge is 2.22. The molecule has 1 N–H and O–H groups in total. The van der Waals surface area contributed by atoms with Gasteiger partial charge in [-0.1, -0.05) is 88.5 Å². The molecule has 4 aromatic rings. The summed E-state index contributed by atoms with van der Waals surface area (Å²) in [5.41, 5.74) is 3.52. The zero-order valence-corrected chi connectivity index (χ0v) is 20.5. The first kappa shape index (κ1) is 24.5. The van der Waals surface area contributed by atoms with Crippen LogP contribution in [0.15, 0.2) is 83.4 Å². The Hall–Kier alpha value is -3.61. The highest BCUT2D eigenvalue weighted by molar-refractivity contribution is 6.36.